The van der Waals surface area contributed by atoms with Gasteiger partial charge in [-0.2, -0.15) is 0 Å². The smallest absolute Gasteiger partial charge is 0.437 e. The van der Waals surface area contributed by atoms with E-state index in [9.17, 15) is 9.59 Å². The number of rotatable bonds is 3. The molecule has 0 N–H and O–H groups in total. The molecule has 0 amide bonds. The molecule has 0 radical (unpaired) electrons. The number of Topliss-reactive ketones (excluding diaryl/α,β-unsaturated/α-hetero) is 1. The highest BCUT2D eigenvalue weighted by molar-refractivity contribution is 6.16. The second-order valence-corrected chi connectivity index (χ2v) is 7.06. The van der Waals surface area contributed by atoms with Crippen molar-refractivity contribution in [1.29, 1.82) is 0 Å². The molecule has 5 nitrogen and oxygen atoms in total. The summed E-state index contributed by atoms with van der Waals surface area (Å²) < 4.78 is 9.63. The fraction of sp³-hybridized carbons (Fsp3) is 0.167. The highest BCUT2D eigenvalue weighted by Crippen LogP contribution is 2.48. The van der Waals surface area contributed by atoms with E-state index in [0.29, 0.717) is 11.3 Å². The molecule has 1 heterocycles. The number of ketones is 1. The van der Waals surface area contributed by atoms with Crippen LogP contribution in [0, 0.1) is 6.92 Å². The first-order valence-electron chi connectivity index (χ1n) is 9.29. The lowest BCUT2D eigenvalue weighted by Gasteiger charge is -2.37. The first-order chi connectivity index (χ1) is 14.0. The average molecular weight is 387 g/mol. The number of benzene rings is 3. The lowest BCUT2D eigenvalue weighted by Crippen LogP contribution is -2.46. The van der Waals surface area contributed by atoms with E-state index in [1.54, 1.807) is 12.1 Å². The van der Waals surface area contributed by atoms with E-state index in [1.807, 2.05) is 79.5 Å². The Morgan fingerprint density at radius 3 is 2.07 bits per heavy atom. The Morgan fingerprint density at radius 2 is 1.48 bits per heavy atom. The molecule has 1 unspecified atom stereocenters. The maximum absolute atomic E-state index is 13.8. The van der Waals surface area contributed by atoms with Gasteiger partial charge in [0, 0.05) is 18.3 Å². The minimum atomic E-state index is -0.999. The topological polar surface area (TPSA) is 55.8 Å². The number of methoxy groups -OCH3 is 1. The van der Waals surface area contributed by atoms with Crippen LogP contribution in [0.1, 0.15) is 27.0 Å². The van der Waals surface area contributed by atoms with Crippen molar-refractivity contribution in [2.75, 3.05) is 19.1 Å². The molecular weight excluding hydrogens is 366 g/mol. The molecule has 0 fully saturated rings. The minimum absolute atomic E-state index is 0.0149. The number of carbonyl (C=O) groups is 2. The van der Waals surface area contributed by atoms with Crippen molar-refractivity contribution < 1.29 is 19.1 Å². The Morgan fingerprint density at radius 1 is 0.897 bits per heavy atom. The number of likely N-dealkylation sites (N-methyl/N-ethyl adjacent to an activating group) is 1. The third kappa shape index (κ3) is 2.86. The summed E-state index contributed by atoms with van der Waals surface area (Å²) in [5.74, 6) is 0.367. The lowest BCUT2D eigenvalue weighted by atomic mass is 9.78. The van der Waals surface area contributed by atoms with Gasteiger partial charge in [0.25, 0.3) is 0 Å². The van der Waals surface area contributed by atoms with Gasteiger partial charge in [-0.25, -0.2) is 4.79 Å². The number of hydrogen-bond acceptors (Lipinski definition) is 5. The molecule has 4 rings (SSSR count). The molecule has 0 saturated carbocycles. The Hall–Kier alpha value is -3.60. The summed E-state index contributed by atoms with van der Waals surface area (Å²) in [5.41, 5.74) is 3.37. The van der Waals surface area contributed by atoms with Crippen molar-refractivity contribution in [2.45, 2.75) is 12.5 Å². The molecule has 0 aromatic heterocycles. The summed E-state index contributed by atoms with van der Waals surface area (Å²) >= 11 is 0. The predicted octanol–water partition coefficient (Wildman–Crippen LogP) is 4.72. The maximum atomic E-state index is 13.8. The summed E-state index contributed by atoms with van der Waals surface area (Å²) in [6, 6.07) is 22.6. The largest absolute Gasteiger partial charge is 0.513 e. The average Bonchev–Trinajstić information content (AvgIpc) is 2.97. The van der Waals surface area contributed by atoms with Crippen LogP contribution in [-0.2, 0) is 10.3 Å². The van der Waals surface area contributed by atoms with Crippen molar-refractivity contribution >= 4 is 17.6 Å². The highest BCUT2D eigenvalue weighted by atomic mass is 16.7. The molecular formula is C24H21NO4. The van der Waals surface area contributed by atoms with Crippen LogP contribution in [-0.4, -0.2) is 26.1 Å². The molecule has 29 heavy (non-hydrogen) atoms. The number of anilines is 1. The van der Waals surface area contributed by atoms with Gasteiger partial charge in [0.15, 0.2) is 11.3 Å². The molecule has 5 heteroatoms. The monoisotopic (exact) mass is 387 g/mol. The Balaban J connectivity index is 1.88. The quantitative estimate of drug-likeness (QED) is 0.481. The zero-order valence-electron chi connectivity index (χ0n) is 16.5. The minimum Gasteiger partial charge on any atom is -0.437 e. The predicted molar refractivity (Wildman–Crippen MR) is 111 cm³/mol. The van der Waals surface area contributed by atoms with Crippen LogP contribution in [0.3, 0.4) is 0 Å². The van der Waals surface area contributed by atoms with Gasteiger partial charge < -0.3 is 14.4 Å². The third-order valence-corrected chi connectivity index (χ3v) is 5.45. The van der Waals surface area contributed by atoms with Crippen molar-refractivity contribution in [2.24, 2.45) is 0 Å². The van der Waals surface area contributed by atoms with E-state index >= 15 is 0 Å². The number of fused-ring (bicyclic) bond motifs is 1. The fourth-order valence-corrected chi connectivity index (χ4v) is 4.00. The number of para-hydroxylation sites is 1. The van der Waals surface area contributed by atoms with Gasteiger partial charge >= 0.3 is 6.16 Å². The fourth-order valence-electron chi connectivity index (χ4n) is 4.00. The second kappa shape index (κ2) is 7.09. The van der Waals surface area contributed by atoms with Crippen molar-refractivity contribution in [3.63, 3.8) is 0 Å². The normalized spacial score (nSPS) is 17.8. The molecule has 0 spiro atoms. The van der Waals surface area contributed by atoms with Gasteiger partial charge in [-0.05, 0) is 42.3 Å². The molecule has 146 valence electrons. The summed E-state index contributed by atoms with van der Waals surface area (Å²) in [7, 11) is 3.19. The molecule has 1 aliphatic heterocycles. The highest BCUT2D eigenvalue weighted by Gasteiger charge is 2.52. The number of nitrogens with zero attached hydrogens (tertiary/aromatic N) is 1. The van der Waals surface area contributed by atoms with E-state index in [0.717, 1.165) is 22.4 Å². The molecule has 1 atom stereocenters. The molecule has 1 aliphatic rings. The summed E-state index contributed by atoms with van der Waals surface area (Å²) in [6.07, 6.45) is -0.785. The number of carbonyl (C=O) groups excluding carboxylic acids is 2. The van der Waals surface area contributed by atoms with Crippen molar-refractivity contribution in [3.05, 3.63) is 95.1 Å². The number of aryl methyl sites for hydroxylation is 1. The summed E-state index contributed by atoms with van der Waals surface area (Å²) in [5, 5.41) is 0. The van der Waals surface area contributed by atoms with Crippen LogP contribution in [0.2, 0.25) is 0 Å². The molecule has 0 bridgehead atoms. The van der Waals surface area contributed by atoms with E-state index in [1.165, 1.54) is 7.11 Å². The van der Waals surface area contributed by atoms with Gasteiger partial charge in [-0.1, -0.05) is 54.1 Å². The Labute approximate surface area is 169 Å². The van der Waals surface area contributed by atoms with Gasteiger partial charge in [0.05, 0.1) is 7.11 Å². The van der Waals surface area contributed by atoms with E-state index < -0.39 is 11.7 Å². The van der Waals surface area contributed by atoms with Gasteiger partial charge in [0.1, 0.15) is 5.75 Å². The lowest BCUT2D eigenvalue weighted by molar-refractivity contribution is 0.0928. The first-order valence-corrected chi connectivity index (χ1v) is 9.29. The first kappa shape index (κ1) is 18.7. The van der Waals surface area contributed by atoms with Crippen molar-refractivity contribution in [3.8, 4) is 5.75 Å². The van der Waals surface area contributed by atoms with E-state index in [4.69, 9.17) is 4.74 Å². The number of hydrogen-bond donors (Lipinski definition) is 0. The number of ether oxygens (including phenoxy) is 2. The molecule has 3 aromatic carbocycles. The summed E-state index contributed by atoms with van der Waals surface area (Å²) in [4.78, 5) is 27.2. The Bertz CT molecular complexity index is 1070. The van der Waals surface area contributed by atoms with Gasteiger partial charge in [-0.15, -0.1) is 0 Å². The van der Waals surface area contributed by atoms with E-state index in [2.05, 4.69) is 4.74 Å². The molecule has 3 aromatic rings. The standard InChI is InChI=1S/C24H21NO4/c1-16-8-10-17(11-9-16)24(18-12-14-19(15-13-18)29-23(27)28-3)22(26)20-6-4-5-7-21(20)25(24)2/h4-15H,1-3H3. The zero-order valence-corrected chi connectivity index (χ0v) is 16.5. The van der Waals surface area contributed by atoms with Gasteiger partial charge in [0.2, 0.25) is 0 Å². The van der Waals surface area contributed by atoms with Crippen LogP contribution >= 0.6 is 0 Å². The van der Waals surface area contributed by atoms with Gasteiger partial charge in [-0.3, -0.25) is 4.79 Å². The van der Waals surface area contributed by atoms with Crippen LogP contribution in [0.25, 0.3) is 0 Å². The zero-order chi connectivity index (χ0) is 20.6. The van der Waals surface area contributed by atoms with Crippen LogP contribution in [0.15, 0.2) is 72.8 Å². The van der Waals surface area contributed by atoms with Crippen LogP contribution < -0.4 is 9.64 Å². The molecule has 0 saturated heterocycles. The maximum Gasteiger partial charge on any atom is 0.513 e. The van der Waals surface area contributed by atoms with E-state index in [-0.39, 0.29) is 5.78 Å². The van der Waals surface area contributed by atoms with Crippen molar-refractivity contribution in [1.82, 2.24) is 0 Å². The SMILES string of the molecule is COC(=O)Oc1ccc(C2(c3ccc(C)cc3)C(=O)c3ccccc3N2C)cc1. The Kier molecular flexibility index (Phi) is 4.59. The molecule has 0 aliphatic carbocycles. The van der Waals surface area contributed by atoms with Crippen LogP contribution in [0.4, 0.5) is 10.5 Å². The van der Waals surface area contributed by atoms with Crippen LogP contribution in [0.5, 0.6) is 5.75 Å². The summed E-state index contributed by atoms with van der Waals surface area (Å²) in [6.45, 7) is 2.02. The second-order valence-electron chi connectivity index (χ2n) is 7.06. The third-order valence-electron chi connectivity index (χ3n) is 5.45.